The van der Waals surface area contributed by atoms with Crippen molar-refractivity contribution < 1.29 is 10.2 Å². The van der Waals surface area contributed by atoms with Crippen molar-refractivity contribution in [2.24, 2.45) is 5.92 Å². The van der Waals surface area contributed by atoms with Crippen molar-refractivity contribution in [2.45, 2.75) is 6.10 Å². The summed E-state index contributed by atoms with van der Waals surface area (Å²) in [5.74, 6) is 1.74. The van der Waals surface area contributed by atoms with Crippen molar-refractivity contribution in [3.63, 3.8) is 0 Å². The lowest BCUT2D eigenvalue weighted by Crippen LogP contribution is -2.30. The first-order valence-corrected chi connectivity index (χ1v) is 5.36. The van der Waals surface area contributed by atoms with Crippen LogP contribution in [0.25, 0.3) is 0 Å². The van der Waals surface area contributed by atoms with Crippen LogP contribution in [-0.2, 0) is 0 Å². The van der Waals surface area contributed by atoms with Crippen LogP contribution in [0.15, 0.2) is 0 Å². The number of aliphatic hydroxyl groups is 2. The lowest BCUT2D eigenvalue weighted by atomic mass is 10.1. The Bertz CT molecular complexity index is 89.0. The number of aliphatic hydroxyl groups excluding tert-OH is 2. The molecule has 1 heterocycles. The van der Waals surface area contributed by atoms with Crippen molar-refractivity contribution in [1.82, 2.24) is 0 Å². The smallest absolute Gasteiger partial charge is 0.0697 e. The van der Waals surface area contributed by atoms with Crippen molar-refractivity contribution in [3.05, 3.63) is 0 Å². The first-order valence-electron chi connectivity index (χ1n) is 2.88. The van der Waals surface area contributed by atoms with Gasteiger partial charge in [-0.1, -0.05) is 21.6 Å². The fourth-order valence-electron chi connectivity index (χ4n) is 0.675. The summed E-state index contributed by atoms with van der Waals surface area (Å²) in [5.41, 5.74) is 0. The fraction of sp³-hybridized carbons (Fsp3) is 1.00. The van der Waals surface area contributed by atoms with E-state index in [1.165, 1.54) is 0 Å². The quantitative estimate of drug-likeness (QED) is 0.552. The van der Waals surface area contributed by atoms with Crippen molar-refractivity contribution in [1.29, 1.82) is 0 Å². The van der Waals surface area contributed by atoms with Crippen LogP contribution >= 0.6 is 21.6 Å². The molecule has 9 heavy (non-hydrogen) atoms. The average molecular weight is 166 g/mol. The summed E-state index contributed by atoms with van der Waals surface area (Å²) >= 11 is 0. The molecule has 2 atom stereocenters. The summed E-state index contributed by atoms with van der Waals surface area (Å²) in [6, 6.07) is 0. The van der Waals surface area contributed by atoms with Crippen LogP contribution in [0, 0.1) is 5.92 Å². The van der Waals surface area contributed by atoms with Gasteiger partial charge in [0, 0.05) is 24.0 Å². The van der Waals surface area contributed by atoms with E-state index >= 15 is 0 Å². The maximum atomic E-state index is 9.17. The highest BCUT2D eigenvalue weighted by Crippen LogP contribution is 2.32. The van der Waals surface area contributed by atoms with Crippen LogP contribution in [0.5, 0.6) is 0 Å². The predicted molar refractivity (Wildman–Crippen MR) is 41.5 cm³/mol. The van der Waals surface area contributed by atoms with Crippen LogP contribution in [0.3, 0.4) is 0 Å². The molecule has 0 amide bonds. The van der Waals surface area contributed by atoms with Gasteiger partial charge in [-0.3, -0.25) is 0 Å². The molecule has 0 aromatic rings. The summed E-state index contributed by atoms with van der Waals surface area (Å²) in [6.07, 6.45) is -0.291. The molecule has 0 aliphatic carbocycles. The van der Waals surface area contributed by atoms with Gasteiger partial charge in [-0.05, 0) is 0 Å². The topological polar surface area (TPSA) is 40.5 Å². The molecular formula is C5H10O2S2. The molecule has 0 aromatic carbocycles. The van der Waals surface area contributed by atoms with Gasteiger partial charge >= 0.3 is 0 Å². The lowest BCUT2D eigenvalue weighted by molar-refractivity contribution is 0.0967. The lowest BCUT2D eigenvalue weighted by Gasteiger charge is -2.24. The molecule has 1 aliphatic heterocycles. The summed E-state index contributed by atoms with van der Waals surface area (Å²) in [4.78, 5) is 0. The largest absolute Gasteiger partial charge is 0.396 e. The Hall–Kier alpha value is 0.620. The monoisotopic (exact) mass is 166 g/mol. The molecule has 0 aromatic heterocycles. The first kappa shape index (κ1) is 7.72. The second-order valence-corrected chi connectivity index (χ2v) is 4.63. The van der Waals surface area contributed by atoms with Gasteiger partial charge in [0.05, 0.1) is 6.10 Å². The van der Waals surface area contributed by atoms with Crippen molar-refractivity contribution >= 4 is 21.6 Å². The predicted octanol–water partition coefficient (Wildman–Crippen LogP) is 0.351. The van der Waals surface area contributed by atoms with E-state index in [4.69, 9.17) is 5.11 Å². The highest BCUT2D eigenvalue weighted by atomic mass is 33.1. The van der Waals surface area contributed by atoms with Gasteiger partial charge in [-0.2, -0.15) is 0 Å². The third-order valence-corrected chi connectivity index (χ3v) is 3.91. The van der Waals surface area contributed by atoms with E-state index < -0.39 is 0 Å². The van der Waals surface area contributed by atoms with E-state index in [9.17, 15) is 5.11 Å². The van der Waals surface area contributed by atoms with E-state index in [2.05, 4.69) is 0 Å². The Morgan fingerprint density at radius 3 is 2.44 bits per heavy atom. The summed E-state index contributed by atoms with van der Waals surface area (Å²) in [7, 11) is 3.41. The van der Waals surface area contributed by atoms with Crippen molar-refractivity contribution in [3.8, 4) is 0 Å². The zero-order valence-electron chi connectivity index (χ0n) is 4.99. The van der Waals surface area contributed by atoms with Gasteiger partial charge in [-0.25, -0.2) is 0 Å². The van der Waals surface area contributed by atoms with Crippen LogP contribution in [0.2, 0.25) is 0 Å². The Kier molecular flexibility index (Phi) is 3.18. The van der Waals surface area contributed by atoms with Gasteiger partial charge in [0.2, 0.25) is 0 Å². The highest BCUT2D eigenvalue weighted by molar-refractivity contribution is 8.76. The zero-order chi connectivity index (χ0) is 6.69. The molecule has 0 unspecified atom stereocenters. The second kappa shape index (κ2) is 3.71. The average Bonchev–Trinajstić information content (AvgIpc) is 1.89. The van der Waals surface area contributed by atoms with E-state index in [1.807, 2.05) is 0 Å². The molecule has 1 saturated heterocycles. The molecule has 0 saturated carbocycles. The van der Waals surface area contributed by atoms with E-state index in [0.717, 1.165) is 11.5 Å². The SMILES string of the molecule is OC[C@@H]1CSSC[C@H]1O. The van der Waals surface area contributed by atoms with Crippen LogP contribution < -0.4 is 0 Å². The van der Waals surface area contributed by atoms with Gasteiger partial charge in [0.1, 0.15) is 0 Å². The van der Waals surface area contributed by atoms with Crippen molar-refractivity contribution in [2.75, 3.05) is 18.1 Å². The van der Waals surface area contributed by atoms with Crippen LogP contribution in [0.1, 0.15) is 0 Å². The molecule has 0 radical (unpaired) electrons. The molecule has 2 N–H and O–H groups in total. The second-order valence-electron chi connectivity index (χ2n) is 2.08. The van der Waals surface area contributed by atoms with E-state index in [1.54, 1.807) is 21.6 Å². The summed E-state index contributed by atoms with van der Waals surface area (Å²) in [6.45, 7) is 0.120. The molecule has 0 spiro atoms. The number of rotatable bonds is 1. The molecule has 1 fully saturated rings. The van der Waals surface area contributed by atoms with E-state index in [0.29, 0.717) is 0 Å². The third-order valence-electron chi connectivity index (χ3n) is 1.38. The Morgan fingerprint density at radius 2 is 2.00 bits per heavy atom. The van der Waals surface area contributed by atoms with Crippen LogP contribution in [0.4, 0.5) is 0 Å². The molecule has 2 nitrogen and oxygen atoms in total. The minimum Gasteiger partial charge on any atom is -0.396 e. The minimum atomic E-state index is -0.291. The van der Waals surface area contributed by atoms with Gasteiger partial charge in [0.15, 0.2) is 0 Å². The van der Waals surface area contributed by atoms with Gasteiger partial charge < -0.3 is 10.2 Å². The molecule has 54 valence electrons. The highest BCUT2D eigenvalue weighted by Gasteiger charge is 2.22. The molecule has 1 aliphatic rings. The van der Waals surface area contributed by atoms with E-state index in [-0.39, 0.29) is 18.6 Å². The van der Waals surface area contributed by atoms with Gasteiger partial charge in [-0.15, -0.1) is 0 Å². The summed E-state index contributed by atoms with van der Waals surface area (Å²) < 4.78 is 0. The first-order chi connectivity index (χ1) is 4.34. The Morgan fingerprint density at radius 1 is 1.33 bits per heavy atom. The summed E-state index contributed by atoms with van der Waals surface area (Å²) in [5, 5.41) is 17.9. The van der Waals surface area contributed by atoms with Gasteiger partial charge in [0.25, 0.3) is 0 Å². The zero-order valence-corrected chi connectivity index (χ0v) is 6.62. The van der Waals surface area contributed by atoms with Crippen LogP contribution in [-0.4, -0.2) is 34.4 Å². The fourth-order valence-corrected chi connectivity index (χ4v) is 3.30. The number of hydrogen-bond acceptors (Lipinski definition) is 4. The normalized spacial score (nSPS) is 36.7. The molecule has 1 rings (SSSR count). The Balaban J connectivity index is 2.30. The third kappa shape index (κ3) is 2.04. The maximum Gasteiger partial charge on any atom is 0.0697 e. The molecule has 0 bridgehead atoms. The molecule has 4 heteroatoms. The molecular weight excluding hydrogens is 156 g/mol. The maximum absolute atomic E-state index is 9.17. The standard InChI is InChI=1S/C5H10O2S2/c6-1-4-2-8-9-3-5(4)7/h4-7H,1-3H2/t4-,5-/m1/s1. The number of hydrogen-bond donors (Lipinski definition) is 2. The Labute approximate surface area is 62.4 Å². The minimum absolute atomic E-state index is 0.108.